The molecule has 4 heteroatoms. The first-order valence-electron chi connectivity index (χ1n) is 6.32. The van der Waals surface area contributed by atoms with Crippen LogP contribution in [-0.4, -0.2) is 36.7 Å². The molecule has 1 amide bonds. The van der Waals surface area contributed by atoms with Gasteiger partial charge in [-0.25, -0.2) is 0 Å². The van der Waals surface area contributed by atoms with Crippen LogP contribution in [-0.2, 0) is 4.79 Å². The van der Waals surface area contributed by atoms with Crippen molar-refractivity contribution in [3.05, 3.63) is 29.8 Å². The highest BCUT2D eigenvalue weighted by Gasteiger charge is 2.26. The normalized spacial score (nSPS) is 18.7. The maximum Gasteiger partial charge on any atom is 0.296 e. The molecule has 4 nitrogen and oxygen atoms in total. The zero-order valence-electron chi connectivity index (χ0n) is 10.6. The second-order valence-electron chi connectivity index (χ2n) is 4.69. The topological polar surface area (TPSA) is 49.4 Å². The van der Waals surface area contributed by atoms with E-state index < -0.39 is 11.7 Å². The molecule has 3 rings (SSSR count). The number of likely N-dealkylation sites (tertiary alicyclic amines) is 1. The molecule has 96 valence electrons. The van der Waals surface area contributed by atoms with Gasteiger partial charge in [0.05, 0.1) is 11.3 Å². The number of rotatable bonds is 0. The highest BCUT2D eigenvalue weighted by atomic mass is 16.2. The van der Waals surface area contributed by atoms with Crippen LogP contribution < -0.4 is 5.32 Å². The molecule has 0 aliphatic carbocycles. The van der Waals surface area contributed by atoms with Gasteiger partial charge in [0.1, 0.15) is 0 Å². The van der Waals surface area contributed by atoms with E-state index in [4.69, 9.17) is 0 Å². The third-order valence-corrected chi connectivity index (χ3v) is 3.21. The number of hydrogen-bond donors (Lipinski definition) is 1. The molecule has 0 bridgehead atoms. The van der Waals surface area contributed by atoms with E-state index in [0.717, 1.165) is 0 Å². The number of carbonyl (C=O) groups excluding carboxylic acids is 2. The van der Waals surface area contributed by atoms with Crippen molar-refractivity contribution < 1.29 is 9.59 Å². The first kappa shape index (κ1) is 12.8. The quantitative estimate of drug-likeness (QED) is 0.711. The fourth-order valence-corrected chi connectivity index (χ4v) is 2.14. The van der Waals surface area contributed by atoms with Gasteiger partial charge in [-0.05, 0) is 45.1 Å². The third-order valence-electron chi connectivity index (χ3n) is 3.21. The van der Waals surface area contributed by atoms with E-state index in [2.05, 4.69) is 17.3 Å². The van der Waals surface area contributed by atoms with Crippen LogP contribution in [0.4, 0.5) is 5.69 Å². The Morgan fingerprint density at radius 1 is 1.06 bits per heavy atom. The van der Waals surface area contributed by atoms with Crippen LogP contribution in [0.15, 0.2) is 24.3 Å². The maximum absolute atomic E-state index is 11.0. The fourth-order valence-electron chi connectivity index (χ4n) is 2.14. The van der Waals surface area contributed by atoms with Gasteiger partial charge in [-0.2, -0.15) is 0 Å². The molecule has 0 spiro atoms. The van der Waals surface area contributed by atoms with Gasteiger partial charge in [0.15, 0.2) is 0 Å². The molecule has 0 unspecified atom stereocenters. The molecule has 0 radical (unpaired) electrons. The second kappa shape index (κ2) is 5.78. The van der Waals surface area contributed by atoms with Gasteiger partial charge < -0.3 is 10.2 Å². The molecule has 0 atom stereocenters. The molecule has 2 heterocycles. The monoisotopic (exact) mass is 246 g/mol. The van der Waals surface area contributed by atoms with Crippen LogP contribution in [0.2, 0.25) is 0 Å². The number of fused-ring (bicyclic) bond motifs is 1. The highest BCUT2D eigenvalue weighted by molar-refractivity contribution is 6.51. The van der Waals surface area contributed by atoms with E-state index in [9.17, 15) is 9.59 Å². The predicted molar refractivity (Wildman–Crippen MR) is 70.8 cm³/mol. The Kier molecular flexibility index (Phi) is 4.10. The van der Waals surface area contributed by atoms with Gasteiger partial charge in [-0.1, -0.05) is 18.6 Å². The second-order valence-corrected chi connectivity index (χ2v) is 4.69. The summed E-state index contributed by atoms with van der Waals surface area (Å²) in [4.78, 5) is 24.1. The summed E-state index contributed by atoms with van der Waals surface area (Å²) in [5.74, 6) is -0.980. The summed E-state index contributed by atoms with van der Waals surface area (Å²) in [5, 5.41) is 2.46. The van der Waals surface area contributed by atoms with Crippen LogP contribution >= 0.6 is 0 Å². The number of benzene rings is 1. The average Bonchev–Trinajstić information content (AvgIpc) is 2.68. The summed E-state index contributed by atoms with van der Waals surface area (Å²) in [7, 11) is 2.19. The predicted octanol–water partition coefficient (Wildman–Crippen LogP) is 1.92. The van der Waals surface area contributed by atoms with Crippen molar-refractivity contribution in [2.45, 2.75) is 19.3 Å². The molecule has 2 aliphatic heterocycles. The summed E-state index contributed by atoms with van der Waals surface area (Å²) in [5.41, 5.74) is 1.08. The van der Waals surface area contributed by atoms with Gasteiger partial charge in [0, 0.05) is 0 Å². The molecule has 1 aromatic rings. The van der Waals surface area contributed by atoms with E-state index in [1.807, 2.05) is 0 Å². The van der Waals surface area contributed by atoms with Crippen molar-refractivity contribution >= 4 is 17.4 Å². The van der Waals surface area contributed by atoms with E-state index in [1.165, 1.54) is 32.4 Å². The number of anilines is 1. The van der Waals surface area contributed by atoms with Crippen LogP contribution in [0.1, 0.15) is 29.6 Å². The fraction of sp³-hybridized carbons (Fsp3) is 0.429. The van der Waals surface area contributed by atoms with Crippen molar-refractivity contribution in [1.82, 2.24) is 4.90 Å². The number of nitrogens with one attached hydrogen (secondary N) is 1. The van der Waals surface area contributed by atoms with Gasteiger partial charge in [0.2, 0.25) is 0 Å². The number of para-hydroxylation sites is 1. The third kappa shape index (κ3) is 2.96. The number of hydrogen-bond acceptors (Lipinski definition) is 3. The lowest BCUT2D eigenvalue weighted by molar-refractivity contribution is -0.112. The van der Waals surface area contributed by atoms with Crippen LogP contribution in [0.25, 0.3) is 0 Å². The number of Topliss-reactive ketones (excluding diaryl/α,β-unsaturated/α-hetero) is 1. The molecule has 1 N–H and O–H groups in total. The lowest BCUT2D eigenvalue weighted by Crippen LogP contribution is -2.24. The zero-order chi connectivity index (χ0) is 13.0. The summed E-state index contributed by atoms with van der Waals surface area (Å²) in [6, 6.07) is 6.85. The molecule has 0 saturated carbocycles. The summed E-state index contributed by atoms with van der Waals surface area (Å²) < 4.78 is 0. The minimum Gasteiger partial charge on any atom is -0.318 e. The summed E-state index contributed by atoms with van der Waals surface area (Å²) in [6.07, 6.45) is 4.28. The number of piperidine rings is 1. The van der Waals surface area contributed by atoms with Crippen molar-refractivity contribution in [2.24, 2.45) is 0 Å². The molecule has 0 aromatic heterocycles. The summed E-state index contributed by atoms with van der Waals surface area (Å²) >= 11 is 0. The Morgan fingerprint density at radius 3 is 2.28 bits per heavy atom. The smallest absolute Gasteiger partial charge is 0.296 e. The van der Waals surface area contributed by atoms with Gasteiger partial charge in [-0.15, -0.1) is 0 Å². The van der Waals surface area contributed by atoms with Gasteiger partial charge in [-0.3, -0.25) is 9.59 Å². The Bertz CT molecular complexity index is 451. The molecular formula is C14H18N2O2. The molecular weight excluding hydrogens is 228 g/mol. The van der Waals surface area contributed by atoms with Crippen molar-refractivity contribution in [2.75, 3.05) is 25.5 Å². The van der Waals surface area contributed by atoms with E-state index in [-0.39, 0.29) is 0 Å². The minimum atomic E-state index is -0.536. The largest absolute Gasteiger partial charge is 0.318 e. The van der Waals surface area contributed by atoms with E-state index in [0.29, 0.717) is 11.3 Å². The number of ketones is 1. The number of carbonyl (C=O) groups is 2. The maximum atomic E-state index is 11.0. The Labute approximate surface area is 107 Å². The Hall–Kier alpha value is -1.68. The van der Waals surface area contributed by atoms with Crippen LogP contribution in [0.3, 0.4) is 0 Å². The van der Waals surface area contributed by atoms with Gasteiger partial charge >= 0.3 is 0 Å². The SMILES string of the molecule is CN1CCCCC1.O=C1Nc2ccccc2C1=O. The van der Waals surface area contributed by atoms with Crippen LogP contribution in [0, 0.1) is 0 Å². The molecule has 1 aromatic carbocycles. The van der Waals surface area contributed by atoms with Crippen molar-refractivity contribution in [3.63, 3.8) is 0 Å². The molecule has 2 aliphatic rings. The number of nitrogens with zero attached hydrogens (tertiary/aromatic N) is 1. The first-order chi connectivity index (χ1) is 8.68. The van der Waals surface area contributed by atoms with Crippen molar-refractivity contribution in [3.8, 4) is 0 Å². The van der Waals surface area contributed by atoms with E-state index in [1.54, 1.807) is 24.3 Å². The lowest BCUT2D eigenvalue weighted by Gasteiger charge is -2.20. The first-order valence-corrected chi connectivity index (χ1v) is 6.32. The summed E-state index contributed by atoms with van der Waals surface area (Å²) in [6.45, 7) is 2.64. The van der Waals surface area contributed by atoms with Gasteiger partial charge in [0.25, 0.3) is 11.7 Å². The Balaban J connectivity index is 0.000000149. The minimum absolute atomic E-state index is 0.444. The molecule has 1 saturated heterocycles. The average molecular weight is 246 g/mol. The van der Waals surface area contributed by atoms with E-state index >= 15 is 0 Å². The highest BCUT2D eigenvalue weighted by Crippen LogP contribution is 2.21. The van der Waals surface area contributed by atoms with Crippen molar-refractivity contribution in [1.29, 1.82) is 0 Å². The lowest BCUT2D eigenvalue weighted by atomic mass is 10.1. The Morgan fingerprint density at radius 2 is 1.72 bits per heavy atom. The standard InChI is InChI=1S/C8H5NO2.C6H13N/c10-7-5-3-1-2-4-6(5)9-8(7)11;1-7-5-3-2-4-6-7/h1-4H,(H,9,10,11);2-6H2,1H3. The van der Waals surface area contributed by atoms with Crippen LogP contribution in [0.5, 0.6) is 0 Å². The zero-order valence-corrected chi connectivity index (χ0v) is 10.6. The molecule has 1 fully saturated rings. The molecule has 18 heavy (non-hydrogen) atoms. The number of amides is 1.